The Balaban J connectivity index is 2.96. The number of halogens is 2. The molecule has 0 saturated heterocycles. The van der Waals surface area contributed by atoms with E-state index in [1.165, 1.54) is 6.07 Å². The fourth-order valence-electron chi connectivity index (χ4n) is 1.10. The molecule has 0 spiro atoms. The number of rotatable bonds is 5. The first-order valence-corrected chi connectivity index (χ1v) is 8.74. The quantitative estimate of drug-likeness (QED) is 0.789. The SMILES string of the molecule is CC(C)[C@@H](CO)NS(=O)(=O)c1cc(Br)c(Br)s1. The molecule has 1 aromatic heterocycles. The monoisotopic (exact) mass is 405 g/mol. The molecule has 0 bridgehead atoms. The van der Waals surface area contributed by atoms with Crippen LogP contribution in [0.2, 0.25) is 0 Å². The average Bonchev–Trinajstić information content (AvgIpc) is 2.56. The Morgan fingerprint density at radius 3 is 2.41 bits per heavy atom. The van der Waals surface area contributed by atoms with Crippen LogP contribution in [-0.4, -0.2) is 26.2 Å². The second-order valence-corrected chi connectivity index (χ2v) is 9.01. The van der Waals surface area contributed by atoms with E-state index in [1.54, 1.807) is 0 Å². The molecule has 8 heteroatoms. The van der Waals surface area contributed by atoms with Gasteiger partial charge in [0.2, 0.25) is 10.0 Å². The molecule has 17 heavy (non-hydrogen) atoms. The summed E-state index contributed by atoms with van der Waals surface area (Å²) in [5.41, 5.74) is 0. The minimum absolute atomic E-state index is 0.0293. The minimum Gasteiger partial charge on any atom is -0.395 e. The van der Waals surface area contributed by atoms with Gasteiger partial charge in [-0.15, -0.1) is 11.3 Å². The number of hydrogen-bond acceptors (Lipinski definition) is 4. The van der Waals surface area contributed by atoms with Gasteiger partial charge in [-0.2, -0.15) is 0 Å². The fraction of sp³-hybridized carbons (Fsp3) is 0.556. The maximum atomic E-state index is 12.0. The van der Waals surface area contributed by atoms with Gasteiger partial charge in [-0.05, 0) is 43.8 Å². The van der Waals surface area contributed by atoms with E-state index in [2.05, 4.69) is 36.6 Å². The first-order chi connectivity index (χ1) is 7.77. The van der Waals surface area contributed by atoms with Gasteiger partial charge in [0.15, 0.2) is 0 Å². The first-order valence-electron chi connectivity index (χ1n) is 4.86. The molecule has 1 atom stereocenters. The Morgan fingerprint density at radius 2 is 2.06 bits per heavy atom. The van der Waals surface area contributed by atoms with Crippen LogP contribution in [0.5, 0.6) is 0 Å². The van der Waals surface area contributed by atoms with E-state index in [0.717, 1.165) is 15.1 Å². The molecule has 0 amide bonds. The van der Waals surface area contributed by atoms with E-state index in [1.807, 2.05) is 13.8 Å². The van der Waals surface area contributed by atoms with E-state index in [4.69, 9.17) is 5.11 Å². The van der Waals surface area contributed by atoms with Crippen LogP contribution >= 0.6 is 43.2 Å². The number of aliphatic hydroxyl groups is 1. The second kappa shape index (κ2) is 6.12. The Morgan fingerprint density at radius 1 is 1.47 bits per heavy atom. The van der Waals surface area contributed by atoms with Crippen molar-refractivity contribution in [1.82, 2.24) is 4.72 Å². The number of hydrogen-bond donors (Lipinski definition) is 2. The van der Waals surface area contributed by atoms with Crippen LogP contribution in [0.3, 0.4) is 0 Å². The molecule has 0 aliphatic carbocycles. The van der Waals surface area contributed by atoms with E-state index < -0.39 is 16.1 Å². The second-order valence-electron chi connectivity index (χ2n) is 3.84. The van der Waals surface area contributed by atoms with Crippen molar-refractivity contribution < 1.29 is 13.5 Å². The standard InChI is InChI=1S/C9H13Br2NO3S2/c1-5(2)7(4-13)12-17(14,15)8-3-6(10)9(11)16-8/h3,5,7,12-13H,4H2,1-2H3/t7-/m1/s1. The summed E-state index contributed by atoms with van der Waals surface area (Å²) >= 11 is 7.62. The van der Waals surface area contributed by atoms with Crippen molar-refractivity contribution >= 4 is 53.2 Å². The summed E-state index contributed by atoms with van der Waals surface area (Å²) < 4.78 is 28.2. The van der Waals surface area contributed by atoms with Crippen molar-refractivity contribution in [3.8, 4) is 0 Å². The van der Waals surface area contributed by atoms with Crippen LogP contribution in [0.25, 0.3) is 0 Å². The van der Waals surface area contributed by atoms with E-state index >= 15 is 0 Å². The summed E-state index contributed by atoms with van der Waals surface area (Å²) in [5.74, 6) is 0.0293. The minimum atomic E-state index is -3.57. The van der Waals surface area contributed by atoms with Crippen LogP contribution in [0.1, 0.15) is 13.8 Å². The van der Waals surface area contributed by atoms with E-state index in [9.17, 15) is 8.42 Å². The largest absolute Gasteiger partial charge is 0.395 e. The highest BCUT2D eigenvalue weighted by molar-refractivity contribution is 9.13. The van der Waals surface area contributed by atoms with Crippen LogP contribution in [0, 0.1) is 5.92 Å². The van der Waals surface area contributed by atoms with Crippen LogP contribution in [-0.2, 0) is 10.0 Å². The number of sulfonamides is 1. The maximum absolute atomic E-state index is 12.0. The molecule has 0 unspecified atom stereocenters. The highest BCUT2D eigenvalue weighted by atomic mass is 79.9. The van der Waals surface area contributed by atoms with Crippen LogP contribution in [0.4, 0.5) is 0 Å². The van der Waals surface area contributed by atoms with Crippen molar-refractivity contribution in [2.75, 3.05) is 6.61 Å². The van der Waals surface area contributed by atoms with Gasteiger partial charge in [0.05, 0.1) is 10.4 Å². The Kier molecular flexibility index (Phi) is 5.61. The lowest BCUT2D eigenvalue weighted by Crippen LogP contribution is -2.40. The van der Waals surface area contributed by atoms with Crippen LogP contribution < -0.4 is 4.72 Å². The zero-order valence-electron chi connectivity index (χ0n) is 9.28. The van der Waals surface area contributed by atoms with Gasteiger partial charge in [0, 0.05) is 10.5 Å². The van der Waals surface area contributed by atoms with Gasteiger partial charge in [-0.1, -0.05) is 13.8 Å². The lowest BCUT2D eigenvalue weighted by molar-refractivity contribution is 0.228. The lowest BCUT2D eigenvalue weighted by Gasteiger charge is -2.19. The van der Waals surface area contributed by atoms with Gasteiger partial charge < -0.3 is 5.11 Å². The molecule has 4 nitrogen and oxygen atoms in total. The molecule has 98 valence electrons. The normalized spacial score (nSPS) is 14.2. The van der Waals surface area contributed by atoms with Crippen LogP contribution in [0.15, 0.2) is 18.5 Å². The van der Waals surface area contributed by atoms with Crippen molar-refractivity contribution in [2.45, 2.75) is 24.1 Å². The molecule has 2 N–H and O–H groups in total. The average molecular weight is 407 g/mol. The van der Waals surface area contributed by atoms with Crippen molar-refractivity contribution in [2.24, 2.45) is 5.92 Å². The van der Waals surface area contributed by atoms with Gasteiger partial charge >= 0.3 is 0 Å². The third kappa shape index (κ3) is 4.00. The molecule has 1 aromatic rings. The molecular formula is C9H13Br2NO3S2. The summed E-state index contributed by atoms with van der Waals surface area (Å²) in [5, 5.41) is 9.12. The third-order valence-electron chi connectivity index (χ3n) is 2.20. The molecule has 0 fully saturated rings. The lowest BCUT2D eigenvalue weighted by atomic mass is 10.1. The number of aliphatic hydroxyl groups excluding tert-OH is 1. The summed E-state index contributed by atoms with van der Waals surface area (Å²) in [7, 11) is -3.57. The molecule has 1 rings (SSSR count). The Bertz CT molecular complexity index is 465. The Labute approximate surface area is 122 Å². The predicted molar refractivity (Wildman–Crippen MR) is 75.8 cm³/mol. The highest BCUT2D eigenvalue weighted by Crippen LogP contribution is 2.34. The van der Waals surface area contributed by atoms with Crippen molar-refractivity contribution in [3.63, 3.8) is 0 Å². The summed E-state index contributed by atoms with van der Waals surface area (Å²) in [6.07, 6.45) is 0. The van der Waals surface area contributed by atoms with Crippen molar-refractivity contribution in [3.05, 3.63) is 14.3 Å². The topological polar surface area (TPSA) is 66.4 Å². The predicted octanol–water partition coefficient (Wildman–Crippen LogP) is 2.57. The Hall–Kier alpha value is 0.530. The zero-order valence-corrected chi connectivity index (χ0v) is 14.1. The molecule has 0 aromatic carbocycles. The summed E-state index contributed by atoms with van der Waals surface area (Å²) in [4.78, 5) is 0. The van der Waals surface area contributed by atoms with Gasteiger partial charge in [-0.3, -0.25) is 0 Å². The van der Waals surface area contributed by atoms with Gasteiger partial charge in [-0.25, -0.2) is 13.1 Å². The molecule has 0 radical (unpaired) electrons. The first kappa shape index (κ1) is 15.6. The maximum Gasteiger partial charge on any atom is 0.250 e. The van der Waals surface area contributed by atoms with E-state index in [-0.39, 0.29) is 16.7 Å². The molecule has 0 saturated carbocycles. The molecule has 0 aliphatic heterocycles. The van der Waals surface area contributed by atoms with E-state index in [0.29, 0.717) is 4.47 Å². The molecule has 0 aliphatic rings. The van der Waals surface area contributed by atoms with Gasteiger partial charge in [0.1, 0.15) is 4.21 Å². The summed E-state index contributed by atoms with van der Waals surface area (Å²) in [6.45, 7) is 3.48. The van der Waals surface area contributed by atoms with Gasteiger partial charge in [0.25, 0.3) is 0 Å². The third-order valence-corrected chi connectivity index (χ3v) is 7.42. The smallest absolute Gasteiger partial charge is 0.250 e. The van der Waals surface area contributed by atoms with Crippen molar-refractivity contribution in [1.29, 1.82) is 0 Å². The zero-order chi connectivity index (χ0) is 13.2. The summed E-state index contributed by atoms with van der Waals surface area (Å²) in [6, 6.07) is 1.06. The highest BCUT2D eigenvalue weighted by Gasteiger charge is 2.24. The number of nitrogens with one attached hydrogen (secondary N) is 1. The number of thiophene rings is 1. The molecular weight excluding hydrogens is 394 g/mol. The molecule has 1 heterocycles. The fourth-order valence-corrected chi connectivity index (χ4v) is 5.31.